The maximum Gasteiger partial charge on any atom is 0.150 e. The summed E-state index contributed by atoms with van der Waals surface area (Å²) in [7, 11) is 0. The van der Waals surface area contributed by atoms with Crippen LogP contribution in [0.4, 0.5) is 11.6 Å². The van der Waals surface area contributed by atoms with Crippen molar-refractivity contribution < 1.29 is 9.84 Å². The molecule has 2 atom stereocenters. The first-order valence-corrected chi connectivity index (χ1v) is 7.03. The van der Waals surface area contributed by atoms with Crippen molar-refractivity contribution in [3.63, 3.8) is 0 Å². The fourth-order valence-electron chi connectivity index (χ4n) is 2.50. The van der Waals surface area contributed by atoms with E-state index >= 15 is 0 Å². The Labute approximate surface area is 123 Å². The van der Waals surface area contributed by atoms with Crippen molar-refractivity contribution in [1.29, 1.82) is 0 Å². The van der Waals surface area contributed by atoms with Gasteiger partial charge in [0.1, 0.15) is 17.2 Å². The Bertz CT molecular complexity index is 497. The van der Waals surface area contributed by atoms with Crippen LogP contribution < -0.4 is 11.1 Å². The van der Waals surface area contributed by atoms with E-state index in [-0.39, 0.29) is 22.4 Å². The van der Waals surface area contributed by atoms with Gasteiger partial charge in [-0.05, 0) is 6.92 Å². The smallest absolute Gasteiger partial charge is 0.150 e. The number of hydrogen-bond donors (Lipinski definition) is 3. The van der Waals surface area contributed by atoms with Crippen molar-refractivity contribution in [1.82, 2.24) is 9.97 Å². The van der Waals surface area contributed by atoms with Gasteiger partial charge in [0.25, 0.3) is 0 Å². The molecular weight excluding hydrogens is 280 g/mol. The number of rotatable bonds is 5. The summed E-state index contributed by atoms with van der Waals surface area (Å²) in [6.45, 7) is 6.92. The molecule has 0 spiro atoms. The second-order valence-corrected chi connectivity index (χ2v) is 6.05. The number of nitrogens with zero attached hydrogens (tertiary/aromatic N) is 2. The molecular formula is C13H21ClN4O2. The number of nitrogens with one attached hydrogen (secondary N) is 1. The topological polar surface area (TPSA) is 93.3 Å². The molecule has 0 bridgehead atoms. The SMILES string of the molecule is CCOC1CC(O)(CNc2ncnc(N)c2Cl)C1(C)C. The summed E-state index contributed by atoms with van der Waals surface area (Å²) in [5.74, 6) is 0.652. The summed E-state index contributed by atoms with van der Waals surface area (Å²) in [6, 6.07) is 0. The Balaban J connectivity index is 2.03. The normalized spacial score (nSPS) is 27.9. The highest BCUT2D eigenvalue weighted by molar-refractivity contribution is 6.35. The standard InChI is InChI=1S/C13H21ClN4O2/c1-4-20-8-5-13(19,12(8,2)3)6-16-11-9(14)10(15)17-7-18-11/h7-8,19H,4-6H2,1-3H3,(H3,15,16,17,18). The number of anilines is 2. The molecule has 0 radical (unpaired) electrons. The van der Waals surface area contributed by atoms with Crippen LogP contribution >= 0.6 is 11.6 Å². The van der Waals surface area contributed by atoms with Crippen molar-refractivity contribution in [3.8, 4) is 0 Å². The second kappa shape index (κ2) is 5.35. The summed E-state index contributed by atoms with van der Waals surface area (Å²) in [4.78, 5) is 7.82. The zero-order valence-corrected chi connectivity index (χ0v) is 12.7. The van der Waals surface area contributed by atoms with Gasteiger partial charge in [-0.3, -0.25) is 0 Å². The molecule has 112 valence electrons. The lowest BCUT2D eigenvalue weighted by Crippen LogP contribution is -2.67. The van der Waals surface area contributed by atoms with Crippen LogP contribution in [-0.4, -0.2) is 39.9 Å². The summed E-state index contributed by atoms with van der Waals surface area (Å²) < 4.78 is 5.62. The van der Waals surface area contributed by atoms with Gasteiger partial charge in [0.2, 0.25) is 0 Å². The molecule has 1 aromatic rings. The highest BCUT2D eigenvalue weighted by atomic mass is 35.5. The zero-order chi connectivity index (χ0) is 15.0. The summed E-state index contributed by atoms with van der Waals surface area (Å²) in [5.41, 5.74) is 4.42. The lowest BCUT2D eigenvalue weighted by Gasteiger charge is -2.58. The van der Waals surface area contributed by atoms with E-state index in [0.29, 0.717) is 25.4 Å². The van der Waals surface area contributed by atoms with E-state index in [1.807, 2.05) is 20.8 Å². The first-order chi connectivity index (χ1) is 9.32. The molecule has 0 aromatic carbocycles. The van der Waals surface area contributed by atoms with Crippen molar-refractivity contribution in [3.05, 3.63) is 11.3 Å². The Morgan fingerprint density at radius 1 is 1.55 bits per heavy atom. The first-order valence-electron chi connectivity index (χ1n) is 6.65. The number of nitrogens with two attached hydrogens (primary N) is 1. The minimum atomic E-state index is -0.865. The highest BCUT2D eigenvalue weighted by Crippen LogP contribution is 2.51. The van der Waals surface area contributed by atoms with Crippen LogP contribution in [-0.2, 0) is 4.74 Å². The van der Waals surface area contributed by atoms with Gasteiger partial charge < -0.3 is 20.9 Å². The molecule has 0 saturated heterocycles. The molecule has 0 aliphatic heterocycles. The number of nitrogen functional groups attached to an aromatic ring is 1. The number of ether oxygens (including phenoxy) is 1. The quantitative estimate of drug-likeness (QED) is 0.766. The van der Waals surface area contributed by atoms with Gasteiger partial charge >= 0.3 is 0 Å². The van der Waals surface area contributed by atoms with E-state index in [2.05, 4.69) is 15.3 Å². The van der Waals surface area contributed by atoms with Crippen LogP contribution in [0.1, 0.15) is 27.2 Å². The molecule has 20 heavy (non-hydrogen) atoms. The third-order valence-electron chi connectivity index (χ3n) is 4.26. The first kappa shape index (κ1) is 15.3. The van der Waals surface area contributed by atoms with E-state index < -0.39 is 5.60 Å². The Morgan fingerprint density at radius 3 is 2.85 bits per heavy atom. The van der Waals surface area contributed by atoms with Gasteiger partial charge in [-0.2, -0.15) is 0 Å². The zero-order valence-electron chi connectivity index (χ0n) is 12.0. The third kappa shape index (κ3) is 2.43. The van der Waals surface area contributed by atoms with Crippen LogP contribution in [0.15, 0.2) is 6.33 Å². The average molecular weight is 301 g/mol. The average Bonchev–Trinajstić information content (AvgIpc) is 2.40. The summed E-state index contributed by atoms with van der Waals surface area (Å²) >= 11 is 6.01. The number of aromatic nitrogens is 2. The van der Waals surface area contributed by atoms with Crippen LogP contribution in [0, 0.1) is 5.41 Å². The van der Waals surface area contributed by atoms with E-state index in [0.717, 1.165) is 0 Å². The maximum absolute atomic E-state index is 10.7. The van der Waals surface area contributed by atoms with Crippen molar-refractivity contribution in [2.75, 3.05) is 24.2 Å². The van der Waals surface area contributed by atoms with Gasteiger partial charge in [0, 0.05) is 25.0 Å². The minimum absolute atomic E-state index is 0.0604. The lowest BCUT2D eigenvalue weighted by molar-refractivity contribution is -0.233. The molecule has 2 unspecified atom stereocenters. The van der Waals surface area contributed by atoms with Crippen molar-refractivity contribution in [2.24, 2.45) is 5.41 Å². The Morgan fingerprint density at radius 2 is 2.25 bits per heavy atom. The van der Waals surface area contributed by atoms with Crippen molar-refractivity contribution >= 4 is 23.2 Å². The lowest BCUT2D eigenvalue weighted by atomic mass is 9.56. The number of halogens is 1. The molecule has 1 aliphatic carbocycles. The number of aliphatic hydroxyl groups is 1. The summed E-state index contributed by atoms with van der Waals surface area (Å²) in [6.07, 6.45) is 1.98. The van der Waals surface area contributed by atoms with E-state index in [9.17, 15) is 5.11 Å². The molecule has 0 amide bonds. The molecule has 2 rings (SSSR count). The maximum atomic E-state index is 10.7. The van der Waals surface area contributed by atoms with Crippen LogP contribution in [0.25, 0.3) is 0 Å². The third-order valence-corrected chi connectivity index (χ3v) is 4.63. The van der Waals surface area contributed by atoms with E-state index in [4.69, 9.17) is 22.1 Å². The molecule has 1 fully saturated rings. The highest BCUT2D eigenvalue weighted by Gasteiger charge is 2.59. The van der Waals surface area contributed by atoms with Crippen LogP contribution in [0.5, 0.6) is 0 Å². The fourth-order valence-corrected chi connectivity index (χ4v) is 2.66. The Kier molecular flexibility index (Phi) is 4.09. The van der Waals surface area contributed by atoms with Crippen LogP contribution in [0.2, 0.25) is 5.02 Å². The number of hydrogen-bond acceptors (Lipinski definition) is 6. The predicted molar refractivity (Wildman–Crippen MR) is 78.7 cm³/mol. The van der Waals surface area contributed by atoms with Gasteiger partial charge in [0.15, 0.2) is 5.82 Å². The largest absolute Gasteiger partial charge is 0.387 e. The van der Waals surface area contributed by atoms with Crippen LogP contribution in [0.3, 0.4) is 0 Å². The predicted octanol–water partition coefficient (Wildman–Crippen LogP) is 1.69. The fraction of sp³-hybridized carbons (Fsp3) is 0.692. The molecule has 6 nitrogen and oxygen atoms in total. The molecule has 1 aliphatic rings. The molecule has 1 heterocycles. The summed E-state index contributed by atoms with van der Waals surface area (Å²) in [5, 5.41) is 14.0. The minimum Gasteiger partial charge on any atom is -0.387 e. The van der Waals surface area contributed by atoms with Crippen molar-refractivity contribution in [2.45, 2.75) is 38.9 Å². The molecule has 1 saturated carbocycles. The van der Waals surface area contributed by atoms with Gasteiger partial charge in [0.05, 0.1) is 11.7 Å². The molecule has 7 heteroatoms. The Hall–Kier alpha value is -1.11. The van der Waals surface area contributed by atoms with Gasteiger partial charge in [-0.25, -0.2) is 9.97 Å². The van der Waals surface area contributed by atoms with E-state index in [1.54, 1.807) is 0 Å². The van der Waals surface area contributed by atoms with Gasteiger partial charge in [-0.15, -0.1) is 0 Å². The monoisotopic (exact) mass is 300 g/mol. The van der Waals surface area contributed by atoms with E-state index in [1.165, 1.54) is 6.33 Å². The molecule has 4 N–H and O–H groups in total. The second-order valence-electron chi connectivity index (χ2n) is 5.68. The van der Waals surface area contributed by atoms with Gasteiger partial charge in [-0.1, -0.05) is 25.4 Å². The molecule has 1 aromatic heterocycles.